The van der Waals surface area contributed by atoms with Crippen LogP contribution in [0.4, 0.5) is 15.3 Å². The van der Waals surface area contributed by atoms with Crippen molar-refractivity contribution in [2.45, 2.75) is 65.5 Å². The zero-order valence-corrected chi connectivity index (χ0v) is 21.3. The fourth-order valence-corrected chi connectivity index (χ4v) is 3.04. The van der Waals surface area contributed by atoms with Crippen LogP contribution in [0.3, 0.4) is 0 Å². The number of hydrazine groups is 1. The first-order valence-electron chi connectivity index (χ1n) is 11.2. The van der Waals surface area contributed by atoms with Gasteiger partial charge in [0.25, 0.3) is 11.1 Å². The largest absolute Gasteiger partial charge is 0.444 e. The smallest absolute Gasteiger partial charge is 0.408 e. The second-order valence-electron chi connectivity index (χ2n) is 8.38. The van der Waals surface area contributed by atoms with Crippen molar-refractivity contribution in [3.8, 4) is 0 Å². The van der Waals surface area contributed by atoms with Crippen molar-refractivity contribution in [1.29, 1.82) is 0 Å². The molecule has 0 radical (unpaired) electrons. The number of anilines is 1. The minimum Gasteiger partial charge on any atom is -0.444 e. The molecule has 4 N–H and O–H groups in total. The van der Waals surface area contributed by atoms with Gasteiger partial charge >= 0.3 is 6.09 Å². The van der Waals surface area contributed by atoms with Gasteiger partial charge in [-0.15, -0.1) is 0 Å². The third kappa shape index (κ3) is 12.4. The first-order chi connectivity index (χ1) is 16.1. The van der Waals surface area contributed by atoms with Crippen LogP contribution in [-0.4, -0.2) is 53.8 Å². The van der Waals surface area contributed by atoms with Gasteiger partial charge in [-0.3, -0.25) is 25.2 Å². The molecule has 0 aliphatic heterocycles. The number of carbonyl (C=O) groups is 4. The van der Waals surface area contributed by atoms with Gasteiger partial charge in [0.1, 0.15) is 11.6 Å². The number of unbranched alkanes of at least 4 members (excludes halogenated alkanes) is 1. The van der Waals surface area contributed by atoms with Crippen LogP contribution in [0.2, 0.25) is 0 Å². The zero-order chi connectivity index (χ0) is 25.6. The highest BCUT2D eigenvalue weighted by Gasteiger charge is 2.25. The monoisotopic (exact) mass is 496 g/mol. The minimum absolute atomic E-state index is 0.0899. The molecule has 0 aromatic heterocycles. The zero-order valence-electron chi connectivity index (χ0n) is 20.5. The van der Waals surface area contributed by atoms with Crippen LogP contribution in [0.15, 0.2) is 24.3 Å². The molecule has 0 saturated heterocycles. The number of benzene rings is 1. The molecule has 1 aromatic rings. The van der Waals surface area contributed by atoms with Crippen LogP contribution in [0, 0.1) is 0 Å². The molecule has 190 valence electrons. The Bertz CT molecular complexity index is 828. The Balaban J connectivity index is 2.52. The first kappa shape index (κ1) is 29.2. The number of carbonyl (C=O) groups excluding carboxylic acids is 4. The highest BCUT2D eigenvalue weighted by atomic mass is 32.2. The average Bonchev–Trinajstić information content (AvgIpc) is 2.77. The highest BCUT2D eigenvalue weighted by Crippen LogP contribution is 2.16. The Morgan fingerprint density at radius 2 is 1.76 bits per heavy atom. The average molecular weight is 497 g/mol. The minimum atomic E-state index is -1.08. The molecule has 0 unspecified atom stereocenters. The summed E-state index contributed by atoms with van der Waals surface area (Å²) in [6, 6.07) is 6.34. The number of aryl methyl sites for hydroxylation is 1. The number of hydrogen-bond acceptors (Lipinski definition) is 7. The second kappa shape index (κ2) is 15.2. The summed E-state index contributed by atoms with van der Waals surface area (Å²) in [5.41, 5.74) is 5.41. The van der Waals surface area contributed by atoms with Crippen LogP contribution in [0.5, 0.6) is 0 Å². The quantitative estimate of drug-likeness (QED) is 0.272. The maximum absolute atomic E-state index is 12.5. The van der Waals surface area contributed by atoms with Crippen molar-refractivity contribution >= 4 is 40.6 Å². The van der Waals surface area contributed by atoms with E-state index in [9.17, 15) is 19.2 Å². The van der Waals surface area contributed by atoms with Gasteiger partial charge < -0.3 is 20.1 Å². The van der Waals surface area contributed by atoms with Crippen LogP contribution in [0.25, 0.3) is 0 Å². The lowest BCUT2D eigenvalue weighted by Gasteiger charge is -2.23. The van der Waals surface area contributed by atoms with Gasteiger partial charge in [0, 0.05) is 12.3 Å². The van der Waals surface area contributed by atoms with Crippen molar-refractivity contribution < 1.29 is 28.7 Å². The standard InChI is InChI=1S/C23H36N4O6S/c1-6-8-13-32-14-18(25-21(30)33-23(3,4)5)20(29)26-27-22(31)34-15-19(28)24-17-12-10-9-11-16(17)7-2/h9-12,18H,6-8,13-15H2,1-5H3,(H,24,28)(H,25,30)(H,26,29)(H,27,31)/t18-/m1/s1. The third-order valence-electron chi connectivity index (χ3n) is 4.23. The van der Waals surface area contributed by atoms with Gasteiger partial charge in [0.15, 0.2) is 0 Å². The molecule has 0 fully saturated rings. The van der Waals surface area contributed by atoms with E-state index in [0.29, 0.717) is 24.1 Å². The summed E-state index contributed by atoms with van der Waals surface area (Å²) >= 11 is 0.697. The number of ether oxygens (including phenoxy) is 2. The highest BCUT2D eigenvalue weighted by molar-refractivity contribution is 8.14. The van der Waals surface area contributed by atoms with Gasteiger partial charge in [-0.2, -0.15) is 0 Å². The van der Waals surface area contributed by atoms with E-state index in [2.05, 4.69) is 21.5 Å². The van der Waals surface area contributed by atoms with Crippen LogP contribution >= 0.6 is 11.8 Å². The summed E-state index contributed by atoms with van der Waals surface area (Å²) in [6.07, 6.45) is 1.70. The van der Waals surface area contributed by atoms with E-state index < -0.39 is 28.9 Å². The number of alkyl carbamates (subject to hydrolysis) is 1. The van der Waals surface area contributed by atoms with E-state index in [-0.39, 0.29) is 18.3 Å². The second-order valence-corrected chi connectivity index (χ2v) is 9.32. The molecule has 4 amide bonds. The van der Waals surface area contributed by atoms with E-state index in [4.69, 9.17) is 9.47 Å². The number of nitrogens with one attached hydrogen (secondary N) is 4. The van der Waals surface area contributed by atoms with Crippen molar-refractivity contribution in [2.24, 2.45) is 0 Å². The molecule has 1 aromatic carbocycles. The van der Waals surface area contributed by atoms with Crippen LogP contribution < -0.4 is 21.5 Å². The summed E-state index contributed by atoms with van der Waals surface area (Å²) in [7, 11) is 0. The molecule has 11 heteroatoms. The van der Waals surface area contributed by atoms with E-state index in [1.54, 1.807) is 26.8 Å². The molecule has 0 saturated carbocycles. The number of amides is 4. The molecule has 0 aliphatic carbocycles. The summed E-state index contributed by atoms with van der Waals surface area (Å²) in [4.78, 5) is 48.8. The summed E-state index contributed by atoms with van der Waals surface area (Å²) in [5, 5.41) is 4.58. The predicted molar refractivity (Wildman–Crippen MR) is 132 cm³/mol. The molecule has 0 spiro atoms. The first-order valence-corrected chi connectivity index (χ1v) is 12.2. The maximum atomic E-state index is 12.5. The molecular weight excluding hydrogens is 460 g/mol. The summed E-state index contributed by atoms with van der Waals surface area (Å²) in [6.45, 7) is 9.43. The number of rotatable bonds is 11. The van der Waals surface area contributed by atoms with Gasteiger partial charge in [-0.1, -0.05) is 50.2 Å². The fraction of sp³-hybridized carbons (Fsp3) is 0.565. The normalized spacial score (nSPS) is 11.8. The summed E-state index contributed by atoms with van der Waals surface area (Å²) in [5.74, 6) is -1.17. The number of para-hydroxylation sites is 1. The molecular formula is C23H36N4O6S. The lowest BCUT2D eigenvalue weighted by Crippen LogP contribution is -2.54. The van der Waals surface area contributed by atoms with E-state index in [1.165, 1.54) is 0 Å². The third-order valence-corrected chi connectivity index (χ3v) is 5.00. The molecule has 1 rings (SSSR count). The van der Waals surface area contributed by atoms with E-state index >= 15 is 0 Å². The molecule has 0 bridgehead atoms. The number of thioether (sulfide) groups is 1. The van der Waals surface area contributed by atoms with Gasteiger partial charge in [-0.25, -0.2) is 4.79 Å². The van der Waals surface area contributed by atoms with Gasteiger partial charge in [0.05, 0.1) is 12.4 Å². The van der Waals surface area contributed by atoms with Crippen LogP contribution in [-0.2, 0) is 25.5 Å². The van der Waals surface area contributed by atoms with Crippen molar-refractivity contribution in [1.82, 2.24) is 16.2 Å². The molecule has 1 atom stereocenters. The van der Waals surface area contributed by atoms with Crippen molar-refractivity contribution in [3.05, 3.63) is 29.8 Å². The Kier molecular flexibility index (Phi) is 13.1. The van der Waals surface area contributed by atoms with Crippen LogP contribution in [0.1, 0.15) is 53.0 Å². The molecule has 34 heavy (non-hydrogen) atoms. The Morgan fingerprint density at radius 3 is 2.41 bits per heavy atom. The Morgan fingerprint density at radius 1 is 1.06 bits per heavy atom. The number of hydrogen-bond donors (Lipinski definition) is 4. The van der Waals surface area contributed by atoms with Gasteiger partial charge in [0.2, 0.25) is 5.91 Å². The lowest BCUT2D eigenvalue weighted by molar-refractivity contribution is -0.125. The van der Waals surface area contributed by atoms with Crippen molar-refractivity contribution in [2.75, 3.05) is 24.3 Å². The van der Waals surface area contributed by atoms with E-state index in [1.807, 2.05) is 32.0 Å². The molecule has 0 aliphatic rings. The maximum Gasteiger partial charge on any atom is 0.408 e. The predicted octanol–water partition coefficient (Wildman–Crippen LogP) is 3.37. The Labute approximate surface area is 205 Å². The SMILES string of the molecule is CCCCOC[C@@H](NC(=O)OC(C)(C)C)C(=O)NNC(=O)SCC(=O)Nc1ccccc1CC. The molecule has 0 heterocycles. The Hall–Kier alpha value is -2.79. The topological polar surface area (TPSA) is 135 Å². The lowest BCUT2D eigenvalue weighted by atomic mass is 10.1. The van der Waals surface area contributed by atoms with E-state index in [0.717, 1.165) is 24.8 Å². The van der Waals surface area contributed by atoms with Crippen molar-refractivity contribution in [3.63, 3.8) is 0 Å². The van der Waals surface area contributed by atoms with Gasteiger partial charge in [-0.05, 0) is 45.2 Å². The summed E-state index contributed by atoms with van der Waals surface area (Å²) < 4.78 is 10.6. The molecule has 10 nitrogen and oxygen atoms in total. The fourth-order valence-electron chi connectivity index (χ4n) is 2.58.